The molecule has 0 N–H and O–H groups in total. The lowest BCUT2D eigenvalue weighted by atomic mass is 10.3. The van der Waals surface area contributed by atoms with Crippen LogP contribution in [0.15, 0.2) is 47.9 Å². The van der Waals surface area contributed by atoms with Crippen molar-refractivity contribution in [3.63, 3.8) is 0 Å². The zero-order valence-electron chi connectivity index (χ0n) is 16.4. The van der Waals surface area contributed by atoms with E-state index in [0.29, 0.717) is 32.0 Å². The number of rotatable bonds is 7. The molecule has 2 aromatic heterocycles. The molecular weight excluding hydrogens is 388 g/mol. The number of piperazine rings is 1. The smallest absolute Gasteiger partial charge is 0.233 e. The number of para-hydroxylation sites is 2. The predicted molar refractivity (Wildman–Crippen MR) is 113 cm³/mol. The molecular formula is C20H24N6O2S. The van der Waals surface area contributed by atoms with E-state index in [1.807, 2.05) is 23.1 Å². The summed E-state index contributed by atoms with van der Waals surface area (Å²) < 4.78 is 7.36. The minimum absolute atomic E-state index is 0.133. The molecule has 9 heteroatoms. The maximum absolute atomic E-state index is 12.7. The van der Waals surface area contributed by atoms with Gasteiger partial charge in [-0.05, 0) is 18.2 Å². The van der Waals surface area contributed by atoms with Crippen molar-refractivity contribution < 1.29 is 9.53 Å². The van der Waals surface area contributed by atoms with Crippen molar-refractivity contribution in [2.24, 2.45) is 0 Å². The fourth-order valence-electron chi connectivity index (χ4n) is 3.39. The number of benzene rings is 1. The number of imidazole rings is 1. The zero-order valence-corrected chi connectivity index (χ0v) is 17.2. The standard InChI is InChI=1S/C20H24N6O2S/c1-28-14-13-26-17-6-3-2-5-16(17)23-20(26)29-15-18(27)24-9-11-25(12-10-24)19-21-7-4-8-22-19/h2-8H,9-15H2,1H3. The molecule has 0 saturated carbocycles. The fraction of sp³-hybridized carbons (Fsp3) is 0.400. The fourth-order valence-corrected chi connectivity index (χ4v) is 4.33. The lowest BCUT2D eigenvalue weighted by Crippen LogP contribution is -2.49. The number of hydrogen-bond donors (Lipinski definition) is 0. The summed E-state index contributed by atoms with van der Waals surface area (Å²) in [5.74, 6) is 1.23. The van der Waals surface area contributed by atoms with Gasteiger partial charge < -0.3 is 19.1 Å². The number of amides is 1. The molecule has 3 heterocycles. The number of thioether (sulfide) groups is 1. The van der Waals surface area contributed by atoms with Crippen molar-refractivity contribution in [1.29, 1.82) is 0 Å². The summed E-state index contributed by atoms with van der Waals surface area (Å²) in [5, 5.41) is 0.855. The quantitative estimate of drug-likeness (QED) is 0.549. The van der Waals surface area contributed by atoms with Gasteiger partial charge in [0, 0.05) is 52.2 Å². The van der Waals surface area contributed by atoms with Gasteiger partial charge in [0.1, 0.15) is 0 Å². The lowest BCUT2D eigenvalue weighted by molar-refractivity contribution is -0.128. The van der Waals surface area contributed by atoms with Crippen molar-refractivity contribution >= 4 is 34.7 Å². The predicted octanol–water partition coefficient (Wildman–Crippen LogP) is 1.91. The summed E-state index contributed by atoms with van der Waals surface area (Å²) in [7, 11) is 1.69. The minimum Gasteiger partial charge on any atom is -0.383 e. The largest absolute Gasteiger partial charge is 0.383 e. The second kappa shape index (κ2) is 9.23. The Morgan fingerprint density at radius 2 is 1.86 bits per heavy atom. The Balaban J connectivity index is 1.36. The molecule has 4 rings (SSSR count). The number of hydrogen-bond acceptors (Lipinski definition) is 7. The number of anilines is 1. The van der Waals surface area contributed by atoms with Gasteiger partial charge in [-0.2, -0.15) is 0 Å². The highest BCUT2D eigenvalue weighted by molar-refractivity contribution is 7.99. The molecule has 1 fully saturated rings. The Hall–Kier alpha value is -2.65. The number of carbonyl (C=O) groups is 1. The molecule has 1 aliphatic rings. The van der Waals surface area contributed by atoms with Crippen LogP contribution in [0, 0.1) is 0 Å². The Morgan fingerprint density at radius 3 is 2.62 bits per heavy atom. The zero-order chi connectivity index (χ0) is 20.1. The second-order valence-corrected chi connectivity index (χ2v) is 7.68. The normalized spacial score (nSPS) is 14.5. The van der Waals surface area contributed by atoms with E-state index in [1.54, 1.807) is 25.6 Å². The summed E-state index contributed by atoms with van der Waals surface area (Å²) in [4.78, 5) is 30.1. The molecule has 0 atom stereocenters. The summed E-state index contributed by atoms with van der Waals surface area (Å²) in [6, 6.07) is 9.83. The topological polar surface area (TPSA) is 76.4 Å². The van der Waals surface area contributed by atoms with Crippen LogP contribution in [0.25, 0.3) is 11.0 Å². The molecule has 0 aliphatic carbocycles. The summed E-state index contributed by atoms with van der Waals surface area (Å²) in [5.41, 5.74) is 2.01. The van der Waals surface area contributed by atoms with Crippen LogP contribution in [0.5, 0.6) is 0 Å². The third-order valence-electron chi connectivity index (χ3n) is 4.93. The molecule has 1 aliphatic heterocycles. The van der Waals surface area contributed by atoms with Crippen LogP contribution >= 0.6 is 11.8 Å². The lowest BCUT2D eigenvalue weighted by Gasteiger charge is -2.34. The van der Waals surface area contributed by atoms with Gasteiger partial charge in [-0.25, -0.2) is 15.0 Å². The average molecular weight is 413 g/mol. The molecule has 0 radical (unpaired) electrons. The van der Waals surface area contributed by atoms with E-state index in [4.69, 9.17) is 9.72 Å². The number of fused-ring (bicyclic) bond motifs is 1. The third kappa shape index (κ3) is 4.51. The number of aromatic nitrogens is 4. The van der Waals surface area contributed by atoms with E-state index in [2.05, 4.69) is 25.5 Å². The highest BCUT2D eigenvalue weighted by atomic mass is 32.2. The molecule has 8 nitrogen and oxygen atoms in total. The molecule has 1 amide bonds. The van der Waals surface area contributed by atoms with E-state index in [-0.39, 0.29) is 5.91 Å². The van der Waals surface area contributed by atoms with E-state index >= 15 is 0 Å². The van der Waals surface area contributed by atoms with Crippen molar-refractivity contribution in [3.8, 4) is 0 Å². The molecule has 0 spiro atoms. The van der Waals surface area contributed by atoms with Gasteiger partial charge in [0.2, 0.25) is 11.9 Å². The summed E-state index contributed by atoms with van der Waals surface area (Å²) >= 11 is 1.49. The van der Waals surface area contributed by atoms with Gasteiger partial charge in [0.05, 0.1) is 23.4 Å². The number of carbonyl (C=O) groups excluding carboxylic acids is 1. The maximum Gasteiger partial charge on any atom is 0.233 e. The van der Waals surface area contributed by atoms with Gasteiger partial charge in [0.15, 0.2) is 5.16 Å². The first-order valence-electron chi connectivity index (χ1n) is 9.63. The molecule has 3 aromatic rings. The van der Waals surface area contributed by atoms with E-state index in [0.717, 1.165) is 35.2 Å². The SMILES string of the molecule is COCCn1c(SCC(=O)N2CCN(c3ncccn3)CC2)nc2ccccc21. The van der Waals surface area contributed by atoms with Crippen LogP contribution in [0.4, 0.5) is 5.95 Å². The van der Waals surface area contributed by atoms with Gasteiger partial charge in [-0.3, -0.25) is 4.79 Å². The Labute approximate surface area is 173 Å². The third-order valence-corrected chi connectivity index (χ3v) is 5.89. The van der Waals surface area contributed by atoms with Gasteiger partial charge in [-0.1, -0.05) is 23.9 Å². The number of methoxy groups -OCH3 is 1. The Morgan fingerprint density at radius 1 is 1.10 bits per heavy atom. The van der Waals surface area contributed by atoms with Crippen LogP contribution in [0.3, 0.4) is 0 Å². The van der Waals surface area contributed by atoms with Crippen molar-refractivity contribution in [2.75, 3.05) is 50.5 Å². The van der Waals surface area contributed by atoms with E-state index in [1.165, 1.54) is 11.8 Å². The highest BCUT2D eigenvalue weighted by Gasteiger charge is 2.23. The van der Waals surface area contributed by atoms with Gasteiger partial charge >= 0.3 is 0 Å². The molecule has 0 unspecified atom stereocenters. The second-order valence-electron chi connectivity index (χ2n) is 6.73. The monoisotopic (exact) mass is 412 g/mol. The van der Waals surface area contributed by atoms with Gasteiger partial charge in [0.25, 0.3) is 0 Å². The van der Waals surface area contributed by atoms with Crippen LogP contribution in [0.2, 0.25) is 0 Å². The summed E-state index contributed by atoms with van der Waals surface area (Å²) in [6.45, 7) is 4.16. The van der Waals surface area contributed by atoms with Crippen LogP contribution in [-0.2, 0) is 16.1 Å². The van der Waals surface area contributed by atoms with E-state index < -0.39 is 0 Å². The summed E-state index contributed by atoms with van der Waals surface area (Å²) in [6.07, 6.45) is 3.48. The molecule has 1 saturated heterocycles. The number of nitrogens with zero attached hydrogens (tertiary/aromatic N) is 6. The van der Waals surface area contributed by atoms with E-state index in [9.17, 15) is 4.79 Å². The molecule has 29 heavy (non-hydrogen) atoms. The van der Waals surface area contributed by atoms with Crippen LogP contribution < -0.4 is 4.90 Å². The van der Waals surface area contributed by atoms with Gasteiger partial charge in [-0.15, -0.1) is 0 Å². The van der Waals surface area contributed by atoms with Crippen molar-refractivity contribution in [1.82, 2.24) is 24.4 Å². The molecule has 1 aromatic carbocycles. The first-order chi connectivity index (χ1) is 14.3. The number of ether oxygens (including phenoxy) is 1. The van der Waals surface area contributed by atoms with Crippen molar-refractivity contribution in [2.45, 2.75) is 11.7 Å². The first-order valence-corrected chi connectivity index (χ1v) is 10.6. The highest BCUT2D eigenvalue weighted by Crippen LogP contribution is 2.24. The van der Waals surface area contributed by atoms with Crippen LogP contribution in [0.1, 0.15) is 0 Å². The molecule has 152 valence electrons. The van der Waals surface area contributed by atoms with Crippen LogP contribution in [-0.4, -0.2) is 76.0 Å². The Bertz CT molecular complexity index is 956. The first kappa shape index (κ1) is 19.7. The minimum atomic E-state index is 0.133. The van der Waals surface area contributed by atoms with Crippen molar-refractivity contribution in [3.05, 3.63) is 42.7 Å². The maximum atomic E-state index is 12.7. The molecule has 0 bridgehead atoms. The Kier molecular flexibility index (Phi) is 6.26. The average Bonchev–Trinajstić information content (AvgIpc) is 3.14.